The number of carbonyl (C=O) groups is 1. The summed E-state index contributed by atoms with van der Waals surface area (Å²) in [4.78, 5) is 13.1. The Balaban J connectivity index is 2.57. The second-order valence-corrected chi connectivity index (χ2v) is 5.56. The molecule has 1 amide bonds. The molecule has 16 heavy (non-hydrogen) atoms. The highest BCUT2D eigenvalue weighted by atomic mass is 35.5. The summed E-state index contributed by atoms with van der Waals surface area (Å²) in [7, 11) is 0. The molecule has 1 saturated heterocycles. The van der Waals surface area contributed by atoms with Crippen LogP contribution in [0.3, 0.4) is 0 Å². The van der Waals surface area contributed by atoms with Gasteiger partial charge in [0.05, 0.1) is 12.4 Å². The molecule has 0 N–H and O–H groups in total. The average molecular weight is 252 g/mol. The van der Waals surface area contributed by atoms with Crippen LogP contribution in [0.1, 0.15) is 33.6 Å². The van der Waals surface area contributed by atoms with Crippen molar-refractivity contribution in [1.29, 1.82) is 0 Å². The van der Waals surface area contributed by atoms with Gasteiger partial charge in [-0.05, 0) is 33.6 Å². The molecule has 1 rings (SSSR count). The molecule has 3 nitrogen and oxygen atoms in total. The summed E-state index contributed by atoms with van der Waals surface area (Å²) in [6.45, 7) is 5.94. The third-order valence-corrected chi connectivity index (χ3v) is 2.90. The first kappa shape index (κ1) is 13.6. The van der Waals surface area contributed by atoms with Crippen molar-refractivity contribution in [2.24, 2.45) is 0 Å². The standard InChI is InChI=1S/C11H19ClFNO2/c1-10(2,3)16-9(15)14-6-4-5-11(13,7-12)8-14/h4-8H2,1-3H3. The van der Waals surface area contributed by atoms with Crippen molar-refractivity contribution in [2.45, 2.75) is 44.9 Å². The van der Waals surface area contributed by atoms with Crippen molar-refractivity contribution in [3.8, 4) is 0 Å². The van der Waals surface area contributed by atoms with E-state index in [9.17, 15) is 9.18 Å². The molecule has 94 valence electrons. The number of hydrogen-bond acceptors (Lipinski definition) is 2. The Hall–Kier alpha value is -0.510. The molecule has 1 unspecified atom stereocenters. The van der Waals surface area contributed by atoms with Crippen LogP contribution in [0.15, 0.2) is 0 Å². The Kier molecular flexibility index (Phi) is 4.05. The van der Waals surface area contributed by atoms with Crippen LogP contribution in [0.2, 0.25) is 0 Å². The van der Waals surface area contributed by atoms with Gasteiger partial charge in [-0.3, -0.25) is 0 Å². The van der Waals surface area contributed by atoms with Gasteiger partial charge in [-0.15, -0.1) is 11.6 Å². The van der Waals surface area contributed by atoms with E-state index < -0.39 is 17.4 Å². The Morgan fingerprint density at radius 1 is 1.56 bits per heavy atom. The van der Waals surface area contributed by atoms with Crippen molar-refractivity contribution in [3.05, 3.63) is 0 Å². The molecule has 1 fully saturated rings. The van der Waals surface area contributed by atoms with Gasteiger partial charge >= 0.3 is 6.09 Å². The molecule has 1 aliphatic heterocycles. The van der Waals surface area contributed by atoms with E-state index >= 15 is 0 Å². The van der Waals surface area contributed by atoms with Gasteiger partial charge in [0, 0.05) is 6.54 Å². The van der Waals surface area contributed by atoms with Gasteiger partial charge in [-0.2, -0.15) is 0 Å². The van der Waals surface area contributed by atoms with Crippen molar-refractivity contribution in [2.75, 3.05) is 19.0 Å². The molecule has 5 heteroatoms. The number of piperidine rings is 1. The van der Waals surface area contributed by atoms with Gasteiger partial charge in [-0.25, -0.2) is 9.18 Å². The third-order valence-electron chi connectivity index (χ3n) is 2.42. The lowest BCUT2D eigenvalue weighted by atomic mass is 9.97. The lowest BCUT2D eigenvalue weighted by Gasteiger charge is -2.36. The highest BCUT2D eigenvalue weighted by molar-refractivity contribution is 6.18. The highest BCUT2D eigenvalue weighted by Gasteiger charge is 2.37. The van der Waals surface area contributed by atoms with Crippen LogP contribution < -0.4 is 0 Å². The average Bonchev–Trinajstić information content (AvgIpc) is 2.15. The topological polar surface area (TPSA) is 29.5 Å². The molecular formula is C11H19ClFNO2. The van der Waals surface area contributed by atoms with E-state index in [2.05, 4.69) is 0 Å². The van der Waals surface area contributed by atoms with E-state index in [-0.39, 0.29) is 12.4 Å². The number of carbonyl (C=O) groups excluding carboxylic acids is 1. The molecule has 0 spiro atoms. The molecule has 1 heterocycles. The number of ether oxygens (including phenoxy) is 1. The summed E-state index contributed by atoms with van der Waals surface area (Å²) >= 11 is 5.57. The zero-order valence-electron chi connectivity index (χ0n) is 10.1. The van der Waals surface area contributed by atoms with Crippen molar-refractivity contribution in [1.82, 2.24) is 4.90 Å². The maximum atomic E-state index is 14.0. The van der Waals surface area contributed by atoms with Crippen molar-refractivity contribution in [3.63, 3.8) is 0 Å². The number of hydrogen-bond donors (Lipinski definition) is 0. The lowest BCUT2D eigenvalue weighted by Crippen LogP contribution is -2.50. The van der Waals surface area contributed by atoms with Gasteiger partial charge < -0.3 is 9.64 Å². The Bertz CT molecular complexity index is 267. The second kappa shape index (κ2) is 4.78. The van der Waals surface area contributed by atoms with E-state index in [1.54, 1.807) is 20.8 Å². The minimum atomic E-state index is -1.46. The number of halogens is 2. The molecule has 1 aliphatic rings. The minimum Gasteiger partial charge on any atom is -0.444 e. The van der Waals surface area contributed by atoms with E-state index in [4.69, 9.17) is 16.3 Å². The van der Waals surface area contributed by atoms with Gasteiger partial charge in [0.2, 0.25) is 0 Å². The summed E-state index contributed by atoms with van der Waals surface area (Å²) in [5.41, 5.74) is -2.01. The lowest BCUT2D eigenvalue weighted by molar-refractivity contribution is -0.0000596. The fourth-order valence-corrected chi connectivity index (χ4v) is 1.90. The number of amides is 1. The first-order chi connectivity index (χ1) is 7.26. The van der Waals surface area contributed by atoms with Crippen LogP contribution >= 0.6 is 11.6 Å². The molecule has 1 atom stereocenters. The largest absolute Gasteiger partial charge is 0.444 e. The fourth-order valence-electron chi connectivity index (χ4n) is 1.68. The molecule has 0 aromatic rings. The molecule has 0 saturated carbocycles. The van der Waals surface area contributed by atoms with Gasteiger partial charge in [0.1, 0.15) is 11.3 Å². The van der Waals surface area contributed by atoms with Crippen molar-refractivity contribution >= 4 is 17.7 Å². The normalized spacial score (nSPS) is 26.7. The van der Waals surface area contributed by atoms with Crippen LogP contribution in [0.25, 0.3) is 0 Å². The molecular weight excluding hydrogens is 233 g/mol. The highest BCUT2D eigenvalue weighted by Crippen LogP contribution is 2.27. The van der Waals surface area contributed by atoms with E-state index in [1.165, 1.54) is 4.90 Å². The van der Waals surface area contributed by atoms with Crippen LogP contribution in [0, 0.1) is 0 Å². The molecule has 0 aliphatic carbocycles. The van der Waals surface area contributed by atoms with Crippen LogP contribution in [-0.4, -0.2) is 41.2 Å². The van der Waals surface area contributed by atoms with Gasteiger partial charge in [0.25, 0.3) is 0 Å². The molecule has 0 aromatic heterocycles. The van der Waals surface area contributed by atoms with E-state index in [0.717, 1.165) is 0 Å². The van der Waals surface area contributed by atoms with Crippen LogP contribution in [0.5, 0.6) is 0 Å². The Morgan fingerprint density at radius 3 is 2.69 bits per heavy atom. The molecule has 0 radical (unpaired) electrons. The molecule has 0 aromatic carbocycles. The number of likely N-dealkylation sites (tertiary alicyclic amines) is 1. The first-order valence-electron chi connectivity index (χ1n) is 5.49. The Labute approximate surface area is 101 Å². The van der Waals surface area contributed by atoms with Gasteiger partial charge in [0.15, 0.2) is 0 Å². The summed E-state index contributed by atoms with van der Waals surface area (Å²) in [6, 6.07) is 0. The monoisotopic (exact) mass is 251 g/mol. The maximum absolute atomic E-state index is 14.0. The Morgan fingerprint density at radius 2 is 2.19 bits per heavy atom. The predicted molar refractivity (Wildman–Crippen MR) is 61.6 cm³/mol. The smallest absolute Gasteiger partial charge is 0.410 e. The fraction of sp³-hybridized carbons (Fsp3) is 0.909. The first-order valence-corrected chi connectivity index (χ1v) is 6.02. The number of nitrogens with zero attached hydrogens (tertiary/aromatic N) is 1. The number of alkyl halides is 2. The number of rotatable bonds is 1. The van der Waals surface area contributed by atoms with Crippen LogP contribution in [0.4, 0.5) is 9.18 Å². The quantitative estimate of drug-likeness (QED) is 0.671. The maximum Gasteiger partial charge on any atom is 0.410 e. The third kappa shape index (κ3) is 3.81. The summed E-state index contributed by atoms with van der Waals surface area (Å²) in [6.07, 6.45) is 0.581. The zero-order chi connectivity index (χ0) is 12.4. The summed E-state index contributed by atoms with van der Waals surface area (Å²) < 4.78 is 19.2. The summed E-state index contributed by atoms with van der Waals surface area (Å²) in [5.74, 6) is -0.0771. The zero-order valence-corrected chi connectivity index (χ0v) is 10.8. The van der Waals surface area contributed by atoms with Gasteiger partial charge in [-0.1, -0.05) is 0 Å². The van der Waals surface area contributed by atoms with Crippen molar-refractivity contribution < 1.29 is 13.9 Å². The predicted octanol–water partition coefficient (Wildman–Crippen LogP) is 2.96. The molecule has 0 bridgehead atoms. The minimum absolute atomic E-state index is 0.0331. The second-order valence-electron chi connectivity index (χ2n) is 5.29. The summed E-state index contributed by atoms with van der Waals surface area (Å²) in [5, 5.41) is 0. The van der Waals surface area contributed by atoms with Crippen LogP contribution in [-0.2, 0) is 4.74 Å². The van der Waals surface area contributed by atoms with E-state index in [0.29, 0.717) is 19.4 Å². The van der Waals surface area contributed by atoms with E-state index in [1.807, 2.05) is 0 Å². The SMILES string of the molecule is CC(C)(C)OC(=O)N1CCCC(F)(CCl)C1.